The molecule has 1 aliphatic carbocycles. The number of rotatable bonds is 9. The number of amides is 1. The van der Waals surface area contributed by atoms with Crippen LogP contribution in [-0.2, 0) is 27.6 Å². The van der Waals surface area contributed by atoms with Gasteiger partial charge in [0.05, 0.1) is 23.5 Å². The van der Waals surface area contributed by atoms with Gasteiger partial charge in [-0.25, -0.2) is 0 Å². The summed E-state index contributed by atoms with van der Waals surface area (Å²) in [6, 6.07) is 8.48. The number of hydrogen-bond donors (Lipinski definition) is 3. The van der Waals surface area contributed by atoms with Gasteiger partial charge in [-0.15, -0.1) is 0 Å². The second-order valence-electron chi connectivity index (χ2n) is 8.73. The van der Waals surface area contributed by atoms with Crippen LogP contribution < -0.4 is 15.8 Å². The number of nitrogens with two attached hydrogens (primary N) is 1. The number of halogens is 4. The largest absolute Gasteiger partial charge is 0.491 e. The van der Waals surface area contributed by atoms with E-state index in [1.165, 1.54) is 6.07 Å². The molecule has 36 heavy (non-hydrogen) atoms. The Labute approximate surface area is 215 Å². The van der Waals surface area contributed by atoms with Crippen LogP contribution in [-0.4, -0.2) is 29.6 Å². The maximum Gasteiger partial charge on any atom is 0.420 e. The highest BCUT2D eigenvalue weighted by Gasteiger charge is 2.36. The van der Waals surface area contributed by atoms with E-state index < -0.39 is 41.8 Å². The Morgan fingerprint density at radius 1 is 1.22 bits per heavy atom. The molecule has 0 saturated carbocycles. The molecule has 192 valence electrons. The number of aliphatic carboxylic acids is 1. The lowest BCUT2D eigenvalue weighted by Gasteiger charge is -2.27. The quantitative estimate of drug-likeness (QED) is 0.366. The molecule has 4 N–H and O–H groups in total. The predicted molar refractivity (Wildman–Crippen MR) is 134 cm³/mol. The number of benzene rings is 2. The van der Waals surface area contributed by atoms with Crippen molar-refractivity contribution in [2.24, 2.45) is 5.73 Å². The topological polar surface area (TPSA) is 102 Å². The van der Waals surface area contributed by atoms with Gasteiger partial charge in [-0.3, -0.25) is 9.59 Å². The van der Waals surface area contributed by atoms with E-state index in [9.17, 15) is 22.8 Å². The molecule has 0 saturated heterocycles. The number of nitrogens with one attached hydrogen (secondary N) is 1. The molecule has 2 aromatic rings. The van der Waals surface area contributed by atoms with E-state index >= 15 is 0 Å². The average Bonchev–Trinajstić information content (AvgIpc) is 2.80. The molecule has 1 aliphatic rings. The first-order chi connectivity index (χ1) is 16.9. The molecule has 0 heterocycles. The van der Waals surface area contributed by atoms with Crippen LogP contribution in [0.5, 0.6) is 5.75 Å². The monoisotopic (exact) mass is 566 g/mol. The van der Waals surface area contributed by atoms with E-state index in [0.717, 1.165) is 23.6 Å². The molecule has 10 heteroatoms. The fourth-order valence-electron chi connectivity index (χ4n) is 3.80. The van der Waals surface area contributed by atoms with Crippen LogP contribution in [0.2, 0.25) is 0 Å². The number of carboxylic acid groups (broad SMARTS) is 1. The van der Waals surface area contributed by atoms with E-state index in [0.29, 0.717) is 6.42 Å². The number of carboxylic acids is 1. The second-order valence-corrected chi connectivity index (χ2v) is 9.58. The summed E-state index contributed by atoms with van der Waals surface area (Å²) in [5.41, 5.74) is 6.18. The van der Waals surface area contributed by atoms with Crippen molar-refractivity contribution in [2.75, 3.05) is 11.9 Å². The zero-order valence-corrected chi connectivity index (χ0v) is 21.0. The fourth-order valence-corrected chi connectivity index (χ4v) is 4.38. The van der Waals surface area contributed by atoms with Gasteiger partial charge in [-0.1, -0.05) is 55.5 Å². The van der Waals surface area contributed by atoms with Gasteiger partial charge in [0, 0.05) is 17.5 Å². The minimum absolute atomic E-state index is 0.00384. The number of hydrogen-bond acceptors (Lipinski definition) is 4. The summed E-state index contributed by atoms with van der Waals surface area (Å²) < 4.78 is 46.8. The first-order valence-electron chi connectivity index (χ1n) is 11.1. The maximum absolute atomic E-state index is 13.8. The fraction of sp³-hybridized carbons (Fsp3) is 0.308. The van der Waals surface area contributed by atoms with Gasteiger partial charge < -0.3 is 20.9 Å². The van der Waals surface area contributed by atoms with Gasteiger partial charge in [0.2, 0.25) is 5.91 Å². The Balaban J connectivity index is 1.70. The predicted octanol–water partition coefficient (Wildman–Crippen LogP) is 5.60. The van der Waals surface area contributed by atoms with Crippen molar-refractivity contribution in [3.8, 4) is 5.75 Å². The van der Waals surface area contributed by atoms with E-state index in [1.54, 1.807) is 0 Å². The molecule has 0 aromatic heterocycles. The summed E-state index contributed by atoms with van der Waals surface area (Å²) in [6.07, 6.45) is 4.14. The highest BCUT2D eigenvalue weighted by Crippen LogP contribution is 2.42. The lowest BCUT2D eigenvalue weighted by molar-refractivity contribution is -0.139. The lowest BCUT2D eigenvalue weighted by Crippen LogP contribution is -2.37. The number of anilines is 1. The van der Waals surface area contributed by atoms with Crippen molar-refractivity contribution in [3.63, 3.8) is 0 Å². The van der Waals surface area contributed by atoms with Gasteiger partial charge in [0.1, 0.15) is 11.3 Å². The third kappa shape index (κ3) is 6.98. The molecule has 6 nitrogen and oxygen atoms in total. The van der Waals surface area contributed by atoms with E-state index in [2.05, 4.69) is 40.3 Å². The van der Waals surface area contributed by atoms with Crippen molar-refractivity contribution in [1.82, 2.24) is 0 Å². The average molecular weight is 567 g/mol. The first-order valence-corrected chi connectivity index (χ1v) is 11.9. The Hall–Kier alpha value is -3.11. The third-order valence-corrected chi connectivity index (χ3v) is 6.44. The molecule has 0 aliphatic heterocycles. The van der Waals surface area contributed by atoms with E-state index in [1.807, 2.05) is 36.4 Å². The molecule has 3 rings (SSSR count). The summed E-state index contributed by atoms with van der Waals surface area (Å²) in [5.74, 6) is -2.62. The number of carbonyl (C=O) groups is 2. The standard InChI is InChI=1S/C26H26BrF3N2O4/c1-25(10-3-2-4-11-25)17-7-5-16(6-8-17)9-12-36-23-19(26(28,29)30)13-18(14-20(23)27)32-24(35)21(31)15-22(33)34/h2-8,10,13-14,21H,9,11-12,15,31H2,1H3,(H,32,35)(H,33,34). The van der Waals surface area contributed by atoms with Crippen molar-refractivity contribution in [2.45, 2.75) is 43.8 Å². The van der Waals surface area contributed by atoms with E-state index in [4.69, 9.17) is 15.6 Å². The Bertz CT molecular complexity index is 1180. The number of ether oxygens (including phenoxy) is 1. The normalized spacial score (nSPS) is 18.1. The maximum atomic E-state index is 13.8. The number of allylic oxidation sites excluding steroid dienone is 4. The molecule has 0 fully saturated rings. The van der Waals surface area contributed by atoms with Gasteiger partial charge in [-0.05, 0) is 45.6 Å². The highest BCUT2D eigenvalue weighted by atomic mass is 79.9. The summed E-state index contributed by atoms with van der Waals surface area (Å²) in [4.78, 5) is 22.8. The first kappa shape index (κ1) is 27.5. The van der Waals surface area contributed by atoms with Crippen molar-refractivity contribution >= 4 is 33.5 Å². The molecule has 1 amide bonds. The molecule has 2 unspecified atom stereocenters. The summed E-state index contributed by atoms with van der Waals surface area (Å²) in [5, 5.41) is 11.0. The Morgan fingerprint density at radius 3 is 2.50 bits per heavy atom. The lowest BCUT2D eigenvalue weighted by atomic mass is 9.77. The van der Waals surface area contributed by atoms with E-state index in [-0.39, 0.29) is 22.2 Å². The van der Waals surface area contributed by atoms with Crippen LogP contribution in [0.15, 0.2) is 65.2 Å². The molecular weight excluding hydrogens is 541 g/mol. The Morgan fingerprint density at radius 2 is 1.92 bits per heavy atom. The van der Waals surface area contributed by atoms with Crippen LogP contribution >= 0.6 is 15.9 Å². The highest BCUT2D eigenvalue weighted by molar-refractivity contribution is 9.10. The van der Waals surface area contributed by atoms with Crippen LogP contribution in [0, 0.1) is 0 Å². The minimum atomic E-state index is -4.76. The van der Waals surface area contributed by atoms with Gasteiger partial charge in [0.25, 0.3) is 0 Å². The van der Waals surface area contributed by atoms with Gasteiger partial charge in [-0.2, -0.15) is 13.2 Å². The van der Waals surface area contributed by atoms with Crippen LogP contribution in [0.1, 0.15) is 36.5 Å². The Kier molecular flexibility index (Phi) is 8.63. The zero-order chi connectivity index (χ0) is 26.5. The third-order valence-electron chi connectivity index (χ3n) is 5.85. The smallest absolute Gasteiger partial charge is 0.420 e. The van der Waals surface area contributed by atoms with Crippen molar-refractivity contribution in [3.05, 3.63) is 81.9 Å². The second kappa shape index (κ2) is 11.3. The van der Waals surface area contributed by atoms with Gasteiger partial charge in [0.15, 0.2) is 0 Å². The SMILES string of the molecule is CC1(c2ccc(CCOc3c(Br)cc(NC(=O)C(N)CC(=O)O)cc3C(F)(F)F)cc2)C=CC=CC1. The summed E-state index contributed by atoms with van der Waals surface area (Å²) >= 11 is 3.09. The molecule has 0 bridgehead atoms. The van der Waals surface area contributed by atoms with Crippen molar-refractivity contribution in [1.29, 1.82) is 0 Å². The van der Waals surface area contributed by atoms with Crippen LogP contribution in [0.3, 0.4) is 0 Å². The minimum Gasteiger partial charge on any atom is -0.491 e. The molecule has 2 atom stereocenters. The van der Waals surface area contributed by atoms with Crippen LogP contribution in [0.4, 0.5) is 18.9 Å². The number of alkyl halides is 3. The molecule has 2 aromatic carbocycles. The molecule has 0 radical (unpaired) electrons. The van der Waals surface area contributed by atoms with Crippen LogP contribution in [0.25, 0.3) is 0 Å². The van der Waals surface area contributed by atoms with Gasteiger partial charge >= 0.3 is 12.1 Å². The summed E-state index contributed by atoms with van der Waals surface area (Å²) in [7, 11) is 0. The molecular formula is C26H26BrF3N2O4. The zero-order valence-electron chi connectivity index (χ0n) is 19.4. The van der Waals surface area contributed by atoms with Crippen molar-refractivity contribution < 1.29 is 32.6 Å². The summed E-state index contributed by atoms with van der Waals surface area (Å²) in [6.45, 7) is 2.14. The molecule has 0 spiro atoms. The number of carbonyl (C=O) groups excluding carboxylic acids is 1.